The molecule has 9 heteroatoms. The molecule has 2 aromatic carbocycles. The standard InChI is InChI=1S/C28H25Cl3FNO4/c1-15(2)27-19(26(33-37-27)25-20(29)7-4-8-21(25)30)14-36-24-13-22(31)17(12-23(24)32)10-9-16-5-3-6-18(11-16)28(34)35/h3-12,15,17,22,24H,13-14H2,1-2H3,(H,34,35)/b10-9+/i1D3,2D3,9D,10D,13D2,17D,22D. The van der Waals surface area contributed by atoms with Crippen LogP contribution in [0, 0.1) is 5.89 Å². The normalized spacial score (nSPS) is 31.3. The maximum Gasteiger partial charge on any atom is 0.335 e. The van der Waals surface area contributed by atoms with E-state index >= 15 is 4.39 Å². The van der Waals surface area contributed by atoms with Crippen molar-refractivity contribution in [1.29, 1.82) is 0 Å². The first-order chi connectivity index (χ1) is 22.4. The SMILES string of the molecule is [2H]/C(=C(/[2H])C1([2H])C=C(F)C(OCc2c(-c3c(Cl)cccc3Cl)noc2C(C([2H])([2H])[2H])C([2H])([2H])[2H])C([2H])([2H])C1([2H])Cl)c1cccc(C(=O)O)c1. The lowest BCUT2D eigenvalue weighted by Gasteiger charge is -2.27. The lowest BCUT2D eigenvalue weighted by atomic mass is 9.91. The molecular formula is C28H25Cl3FNO4. The Bertz CT molecular complexity index is 1810. The number of aromatic nitrogens is 1. The van der Waals surface area contributed by atoms with Gasteiger partial charge in [-0.3, -0.25) is 0 Å². The van der Waals surface area contributed by atoms with Crippen LogP contribution in [0.2, 0.25) is 10.0 Å². The van der Waals surface area contributed by atoms with Crippen LogP contribution in [-0.2, 0) is 11.3 Å². The minimum atomic E-state index is -3.39. The molecule has 1 heterocycles. The summed E-state index contributed by atoms with van der Waals surface area (Å²) in [5, 5.41) is 9.73. The fourth-order valence-electron chi connectivity index (χ4n) is 3.40. The van der Waals surface area contributed by atoms with Crippen LogP contribution < -0.4 is 0 Å². The Kier molecular flexibility index (Phi) is 5.01. The molecule has 0 aliphatic heterocycles. The zero-order valence-electron chi connectivity index (χ0n) is 30.6. The smallest absolute Gasteiger partial charge is 0.335 e. The molecule has 194 valence electrons. The maximum atomic E-state index is 15.9. The van der Waals surface area contributed by atoms with E-state index in [9.17, 15) is 9.90 Å². The zero-order chi connectivity index (χ0) is 37.1. The molecule has 0 bridgehead atoms. The summed E-state index contributed by atoms with van der Waals surface area (Å²) in [5.41, 5.74) is -1.25. The summed E-state index contributed by atoms with van der Waals surface area (Å²) in [7, 11) is 0. The third-order valence-corrected chi connectivity index (χ3v) is 6.10. The summed E-state index contributed by atoms with van der Waals surface area (Å²) in [4.78, 5) is 11.4. The van der Waals surface area contributed by atoms with Crippen molar-refractivity contribution in [2.75, 3.05) is 0 Å². The van der Waals surface area contributed by atoms with Crippen LogP contribution in [0.3, 0.4) is 0 Å². The Hall–Kier alpha value is -2.64. The van der Waals surface area contributed by atoms with Crippen LogP contribution in [0.5, 0.6) is 0 Å². The number of aromatic carboxylic acids is 1. The molecule has 3 aromatic rings. The van der Waals surface area contributed by atoms with E-state index in [0.717, 1.165) is 6.07 Å². The molecule has 0 amide bonds. The van der Waals surface area contributed by atoms with Crippen LogP contribution in [0.4, 0.5) is 4.39 Å². The second-order valence-electron chi connectivity index (χ2n) is 7.63. The molecule has 4 rings (SSSR count). The zero-order valence-corrected chi connectivity index (χ0v) is 20.9. The summed E-state index contributed by atoms with van der Waals surface area (Å²) >= 11 is 19.0. The van der Waals surface area contributed by atoms with Gasteiger partial charge in [-0.1, -0.05) is 72.4 Å². The molecule has 1 aromatic heterocycles. The quantitative estimate of drug-likeness (QED) is 0.272. The number of halogens is 4. The summed E-state index contributed by atoms with van der Waals surface area (Å²) < 4.78 is 126. The van der Waals surface area contributed by atoms with E-state index in [1.165, 1.54) is 36.4 Å². The highest BCUT2D eigenvalue weighted by Gasteiger charge is 2.31. The van der Waals surface area contributed by atoms with Gasteiger partial charge in [0.05, 0.1) is 25.0 Å². The average Bonchev–Trinajstić information content (AvgIpc) is 3.35. The fourth-order valence-corrected chi connectivity index (χ4v) is 4.17. The molecule has 0 saturated heterocycles. The molecule has 3 atom stereocenters. The largest absolute Gasteiger partial charge is 0.478 e. The monoisotopic (exact) mass is 575 g/mol. The fraction of sp³-hybridized carbons (Fsp3) is 0.286. The number of rotatable bonds is 8. The Morgan fingerprint density at radius 2 is 2.11 bits per heavy atom. The molecule has 0 saturated carbocycles. The number of ether oxygens (including phenoxy) is 1. The predicted molar refractivity (Wildman–Crippen MR) is 144 cm³/mol. The van der Waals surface area contributed by atoms with Crippen molar-refractivity contribution in [2.45, 2.75) is 44.1 Å². The van der Waals surface area contributed by atoms with E-state index in [0.29, 0.717) is 6.08 Å². The van der Waals surface area contributed by atoms with Crippen LogP contribution in [0.15, 0.2) is 64.9 Å². The van der Waals surface area contributed by atoms with Crippen molar-refractivity contribution in [3.8, 4) is 11.3 Å². The Balaban J connectivity index is 1.85. The topological polar surface area (TPSA) is 72.6 Å². The van der Waals surface area contributed by atoms with E-state index in [1.807, 2.05) is 0 Å². The Morgan fingerprint density at radius 1 is 1.38 bits per heavy atom. The number of hydrogen-bond acceptors (Lipinski definition) is 4. The highest BCUT2D eigenvalue weighted by Crippen LogP contribution is 2.39. The van der Waals surface area contributed by atoms with E-state index in [-0.39, 0.29) is 32.4 Å². The van der Waals surface area contributed by atoms with Gasteiger partial charge < -0.3 is 14.4 Å². The van der Waals surface area contributed by atoms with E-state index in [1.54, 1.807) is 0 Å². The number of benzene rings is 2. The van der Waals surface area contributed by atoms with Gasteiger partial charge in [-0.2, -0.15) is 0 Å². The van der Waals surface area contributed by atoms with E-state index < -0.39 is 85.2 Å². The van der Waals surface area contributed by atoms with Crippen molar-refractivity contribution in [3.63, 3.8) is 0 Å². The van der Waals surface area contributed by atoms with Gasteiger partial charge in [-0.05, 0) is 42.3 Å². The molecule has 3 unspecified atom stereocenters. The molecule has 0 fully saturated rings. The van der Waals surface area contributed by atoms with Gasteiger partial charge in [0.15, 0.2) is 0 Å². The number of carboxylic acids is 1. The highest BCUT2D eigenvalue weighted by atomic mass is 35.5. The first kappa shape index (κ1) is 15.7. The van der Waals surface area contributed by atoms with Crippen molar-refractivity contribution in [3.05, 3.63) is 92.9 Å². The van der Waals surface area contributed by atoms with Gasteiger partial charge in [-0.15, -0.1) is 11.6 Å². The van der Waals surface area contributed by atoms with Gasteiger partial charge >= 0.3 is 5.97 Å². The Labute approximate surface area is 246 Å². The molecule has 37 heavy (non-hydrogen) atoms. The van der Waals surface area contributed by atoms with Crippen LogP contribution in [-0.4, -0.2) is 27.7 Å². The summed E-state index contributed by atoms with van der Waals surface area (Å²) in [5.74, 6) is -9.07. The second-order valence-corrected chi connectivity index (χ2v) is 8.82. The van der Waals surface area contributed by atoms with Gasteiger partial charge in [0, 0.05) is 42.0 Å². The number of carbonyl (C=O) groups is 1. The second kappa shape index (κ2) is 11.8. The third-order valence-electron chi connectivity index (χ3n) is 5.15. The van der Waals surface area contributed by atoms with Crippen molar-refractivity contribution in [1.82, 2.24) is 5.16 Å². The molecule has 0 radical (unpaired) electrons. The molecule has 1 aliphatic carbocycles. The Morgan fingerprint density at radius 3 is 2.81 bits per heavy atom. The predicted octanol–water partition coefficient (Wildman–Crippen LogP) is 8.55. The lowest BCUT2D eigenvalue weighted by Crippen LogP contribution is -2.28. The summed E-state index contributed by atoms with van der Waals surface area (Å²) in [6.07, 6.45) is -5.50. The van der Waals surface area contributed by atoms with Crippen molar-refractivity contribution in [2.24, 2.45) is 5.89 Å². The van der Waals surface area contributed by atoms with E-state index in [4.69, 9.17) is 60.5 Å². The molecule has 1 aliphatic rings. The third kappa shape index (κ3) is 6.27. The minimum Gasteiger partial charge on any atom is -0.478 e. The summed E-state index contributed by atoms with van der Waals surface area (Å²) in [6.45, 7) is -7.42. The number of allylic oxidation sites excluding steroid dienone is 2. The number of alkyl halides is 1. The molecule has 1 N–H and O–H groups in total. The molecule has 0 spiro atoms. The highest BCUT2D eigenvalue weighted by molar-refractivity contribution is 6.39. The molecular weight excluding hydrogens is 540 g/mol. The van der Waals surface area contributed by atoms with E-state index in [2.05, 4.69) is 5.16 Å². The first-order valence-electron chi connectivity index (χ1n) is 16.5. The van der Waals surface area contributed by atoms with Crippen molar-refractivity contribution < 1.29 is 40.0 Å². The number of nitrogens with zero attached hydrogens (tertiary/aromatic N) is 1. The number of hydrogen-bond donors (Lipinski definition) is 1. The van der Waals surface area contributed by atoms with Gasteiger partial charge in [0.1, 0.15) is 23.4 Å². The first-order valence-corrected chi connectivity index (χ1v) is 11.6. The van der Waals surface area contributed by atoms with Gasteiger partial charge in [0.2, 0.25) is 0 Å². The minimum absolute atomic E-state index is 0.0354. The molecule has 5 nitrogen and oxygen atoms in total. The van der Waals surface area contributed by atoms with Crippen molar-refractivity contribution >= 4 is 46.8 Å². The summed E-state index contributed by atoms with van der Waals surface area (Å²) in [6, 6.07) is 6.91. The van der Waals surface area contributed by atoms with Crippen LogP contribution >= 0.6 is 34.8 Å². The van der Waals surface area contributed by atoms with Crippen LogP contribution in [0.1, 0.15) is 69.7 Å². The number of carboxylic acid groups (broad SMARTS) is 1. The van der Waals surface area contributed by atoms with Gasteiger partial charge in [-0.25, -0.2) is 9.18 Å². The lowest BCUT2D eigenvalue weighted by molar-refractivity contribution is 0.0375. The van der Waals surface area contributed by atoms with Gasteiger partial charge in [0.25, 0.3) is 0 Å². The van der Waals surface area contributed by atoms with Crippen LogP contribution in [0.25, 0.3) is 17.3 Å². The average molecular weight is 577 g/mol. The maximum absolute atomic E-state index is 15.9.